The summed E-state index contributed by atoms with van der Waals surface area (Å²) in [7, 11) is 0. The van der Waals surface area contributed by atoms with Crippen molar-refractivity contribution in [2.45, 2.75) is 32.6 Å². The van der Waals surface area contributed by atoms with E-state index in [2.05, 4.69) is 4.90 Å². The zero-order valence-corrected chi connectivity index (χ0v) is 12.3. The lowest BCUT2D eigenvalue weighted by molar-refractivity contribution is 0.0699. The number of benzene rings is 1. The number of carbonyl (C=O) groups is 1. The minimum absolute atomic E-state index is 0.424. The number of pyridine rings is 1. The van der Waals surface area contributed by atoms with Gasteiger partial charge in [-0.3, -0.25) is 4.98 Å². The molecule has 2 aromatic rings. The van der Waals surface area contributed by atoms with Gasteiger partial charge in [-0.05, 0) is 37.8 Å². The highest BCUT2D eigenvalue weighted by atomic mass is 16.4. The molecule has 0 amide bonds. The molecule has 1 aromatic heterocycles. The maximum absolute atomic E-state index is 12.0. The highest BCUT2D eigenvalue weighted by Crippen LogP contribution is 2.45. The summed E-state index contributed by atoms with van der Waals surface area (Å²) in [5, 5.41) is 10.6. The van der Waals surface area contributed by atoms with E-state index in [-0.39, 0.29) is 0 Å². The first-order valence-corrected chi connectivity index (χ1v) is 7.50. The topological polar surface area (TPSA) is 53.4 Å². The van der Waals surface area contributed by atoms with Crippen LogP contribution in [0.2, 0.25) is 0 Å². The molecule has 0 spiro atoms. The smallest absolute Gasteiger partial charge is 0.338 e. The van der Waals surface area contributed by atoms with E-state index in [1.165, 1.54) is 0 Å². The van der Waals surface area contributed by atoms with Crippen molar-refractivity contribution in [1.82, 2.24) is 4.98 Å². The van der Waals surface area contributed by atoms with Gasteiger partial charge in [-0.25, -0.2) is 4.79 Å². The first-order valence-electron chi connectivity index (χ1n) is 7.50. The molecule has 2 bridgehead atoms. The first kappa shape index (κ1) is 12.6. The molecule has 21 heavy (non-hydrogen) atoms. The number of piperidine rings is 1. The number of hydrogen-bond donors (Lipinski definition) is 1. The van der Waals surface area contributed by atoms with E-state index in [1.807, 2.05) is 26.0 Å². The fourth-order valence-electron chi connectivity index (χ4n) is 3.87. The van der Waals surface area contributed by atoms with E-state index in [4.69, 9.17) is 4.98 Å². The number of carboxylic acids is 1. The van der Waals surface area contributed by atoms with E-state index >= 15 is 0 Å². The Kier molecular flexibility index (Phi) is 2.52. The summed E-state index contributed by atoms with van der Waals surface area (Å²) < 4.78 is 0. The summed E-state index contributed by atoms with van der Waals surface area (Å²) in [6.07, 6.45) is 2.19. The van der Waals surface area contributed by atoms with Crippen LogP contribution in [0.4, 0.5) is 5.69 Å². The molecular weight excluding hydrogens is 264 g/mol. The highest BCUT2D eigenvalue weighted by molar-refractivity contribution is 6.10. The third kappa shape index (κ3) is 1.62. The van der Waals surface area contributed by atoms with Gasteiger partial charge in [-0.15, -0.1) is 0 Å². The van der Waals surface area contributed by atoms with E-state index in [9.17, 15) is 9.90 Å². The predicted octanol–water partition coefficient (Wildman–Crippen LogP) is 3.25. The van der Waals surface area contributed by atoms with Crippen LogP contribution in [0.1, 0.15) is 45.9 Å². The molecule has 0 unspecified atom stereocenters. The monoisotopic (exact) mass is 282 g/mol. The lowest BCUT2D eigenvalue weighted by Gasteiger charge is -2.42. The Balaban J connectivity index is 2.20. The summed E-state index contributed by atoms with van der Waals surface area (Å²) in [6, 6.07) is 4.03. The third-order valence-electron chi connectivity index (χ3n) is 4.96. The number of hydrogen-bond acceptors (Lipinski definition) is 3. The number of carboxylic acid groups (broad SMARTS) is 1. The second-order valence-corrected chi connectivity index (χ2v) is 6.21. The second-order valence-electron chi connectivity index (χ2n) is 6.21. The molecule has 108 valence electrons. The fourth-order valence-corrected chi connectivity index (χ4v) is 3.87. The average Bonchev–Trinajstić information content (AvgIpc) is 2.50. The van der Waals surface area contributed by atoms with Gasteiger partial charge in [0.2, 0.25) is 0 Å². The van der Waals surface area contributed by atoms with Gasteiger partial charge >= 0.3 is 5.97 Å². The Hall–Kier alpha value is -2.10. The molecule has 1 N–H and O–H groups in total. The van der Waals surface area contributed by atoms with Gasteiger partial charge in [0.1, 0.15) is 0 Å². The number of rotatable bonds is 1. The van der Waals surface area contributed by atoms with Gasteiger partial charge in [0.05, 0.1) is 22.5 Å². The summed E-state index contributed by atoms with van der Waals surface area (Å²) in [5.74, 6) is -0.410. The maximum Gasteiger partial charge on any atom is 0.338 e. The molecule has 0 atom stereocenters. The van der Waals surface area contributed by atoms with Crippen LogP contribution in [-0.4, -0.2) is 29.1 Å². The van der Waals surface area contributed by atoms with Gasteiger partial charge < -0.3 is 10.0 Å². The molecular formula is C17H18N2O2. The zero-order chi connectivity index (χ0) is 14.7. The average molecular weight is 282 g/mol. The van der Waals surface area contributed by atoms with E-state index in [0.717, 1.165) is 59.3 Å². The summed E-state index contributed by atoms with van der Waals surface area (Å²) in [6.45, 7) is 5.89. The standard InChI is InChI=1S/C17H18N2O2/c1-9-3-4-10(2)14-12(9)13(17(20)21)16-15(18-14)11-5-7-19(16)8-6-11/h3-4,11H,5-8H2,1-2H3,(H,20,21). The van der Waals surface area contributed by atoms with Crippen molar-refractivity contribution in [3.8, 4) is 0 Å². The molecule has 4 nitrogen and oxygen atoms in total. The van der Waals surface area contributed by atoms with Crippen LogP contribution in [0.5, 0.6) is 0 Å². The Labute approximate surface area is 123 Å². The molecule has 3 aliphatic rings. The van der Waals surface area contributed by atoms with E-state index in [1.54, 1.807) is 0 Å². The molecule has 1 aromatic carbocycles. The van der Waals surface area contributed by atoms with Crippen molar-refractivity contribution in [3.05, 3.63) is 34.5 Å². The fraction of sp³-hybridized carbons (Fsp3) is 0.412. The number of anilines is 1. The Morgan fingerprint density at radius 1 is 1.24 bits per heavy atom. The molecule has 4 heterocycles. The number of nitrogens with zero attached hydrogens (tertiary/aromatic N) is 2. The Morgan fingerprint density at radius 2 is 1.90 bits per heavy atom. The van der Waals surface area contributed by atoms with Crippen molar-refractivity contribution in [3.63, 3.8) is 0 Å². The van der Waals surface area contributed by atoms with Crippen molar-refractivity contribution in [2.24, 2.45) is 0 Å². The van der Waals surface area contributed by atoms with E-state index in [0.29, 0.717) is 11.5 Å². The summed E-state index contributed by atoms with van der Waals surface area (Å²) in [5.41, 5.74) is 5.25. The molecule has 0 saturated carbocycles. The highest BCUT2D eigenvalue weighted by Gasteiger charge is 2.36. The number of aryl methyl sites for hydroxylation is 2. The van der Waals surface area contributed by atoms with Crippen LogP contribution in [0.15, 0.2) is 12.1 Å². The van der Waals surface area contributed by atoms with Gasteiger partial charge in [-0.2, -0.15) is 0 Å². The summed E-state index contributed by atoms with van der Waals surface area (Å²) >= 11 is 0. The minimum Gasteiger partial charge on any atom is -0.478 e. The van der Waals surface area contributed by atoms with Gasteiger partial charge in [0.25, 0.3) is 0 Å². The summed E-state index contributed by atoms with van der Waals surface area (Å²) in [4.78, 5) is 19.1. The van der Waals surface area contributed by atoms with Crippen LogP contribution >= 0.6 is 0 Å². The van der Waals surface area contributed by atoms with Crippen LogP contribution in [0, 0.1) is 13.8 Å². The lowest BCUT2D eigenvalue weighted by atomic mass is 9.83. The number of fused-ring (bicyclic) bond motifs is 3. The van der Waals surface area contributed by atoms with Crippen LogP contribution < -0.4 is 4.90 Å². The van der Waals surface area contributed by atoms with Gasteiger partial charge in [-0.1, -0.05) is 12.1 Å². The van der Waals surface area contributed by atoms with Crippen molar-refractivity contribution >= 4 is 22.6 Å². The van der Waals surface area contributed by atoms with Gasteiger partial charge in [0, 0.05) is 24.4 Å². The van der Waals surface area contributed by atoms with Crippen LogP contribution in [-0.2, 0) is 0 Å². The molecule has 0 aliphatic carbocycles. The maximum atomic E-state index is 12.0. The van der Waals surface area contributed by atoms with Crippen molar-refractivity contribution in [1.29, 1.82) is 0 Å². The quantitative estimate of drug-likeness (QED) is 0.872. The van der Waals surface area contributed by atoms with E-state index < -0.39 is 5.97 Å². The molecule has 1 saturated heterocycles. The predicted molar refractivity (Wildman–Crippen MR) is 82.4 cm³/mol. The normalized spacial score (nSPS) is 17.3. The van der Waals surface area contributed by atoms with Gasteiger partial charge in [0.15, 0.2) is 0 Å². The molecule has 0 radical (unpaired) electrons. The SMILES string of the molecule is Cc1ccc(C)c2c(C(=O)O)c3c(nc12)C1CCN3CC1. The zero-order valence-electron chi connectivity index (χ0n) is 12.3. The number of aromatic nitrogens is 1. The second kappa shape index (κ2) is 4.20. The molecule has 3 aliphatic heterocycles. The van der Waals surface area contributed by atoms with Crippen LogP contribution in [0.25, 0.3) is 10.9 Å². The lowest BCUT2D eigenvalue weighted by Crippen LogP contribution is -2.40. The molecule has 5 rings (SSSR count). The van der Waals surface area contributed by atoms with Crippen molar-refractivity contribution in [2.75, 3.05) is 18.0 Å². The van der Waals surface area contributed by atoms with Crippen molar-refractivity contribution < 1.29 is 9.90 Å². The Bertz CT molecular complexity index is 774. The third-order valence-corrected chi connectivity index (χ3v) is 4.96. The minimum atomic E-state index is -0.833. The Morgan fingerprint density at radius 3 is 2.57 bits per heavy atom. The molecule has 4 heteroatoms. The largest absolute Gasteiger partial charge is 0.478 e. The number of aromatic carboxylic acids is 1. The van der Waals surface area contributed by atoms with Crippen LogP contribution in [0.3, 0.4) is 0 Å². The first-order chi connectivity index (χ1) is 10.1. The molecule has 1 fully saturated rings.